The normalized spacial score (nSPS) is 20.0. The quantitative estimate of drug-likeness (QED) is 0.841. The van der Waals surface area contributed by atoms with Gasteiger partial charge in [0, 0.05) is 32.5 Å². The number of carbonyl (C=O) groups is 2. The number of hydrogen-bond donors (Lipinski definition) is 1. The van der Waals surface area contributed by atoms with Crippen LogP contribution in [0, 0.1) is 11.6 Å². The first kappa shape index (κ1) is 16.0. The van der Waals surface area contributed by atoms with E-state index in [0.29, 0.717) is 38.0 Å². The molecule has 2 fully saturated rings. The smallest absolute Gasteiger partial charge is 0.410 e. The monoisotopic (exact) mass is 342 g/mol. The van der Waals surface area contributed by atoms with E-state index in [0.717, 1.165) is 12.1 Å². The zero-order chi connectivity index (χ0) is 16.6. The molecule has 3 rings (SSSR count). The van der Waals surface area contributed by atoms with Crippen molar-refractivity contribution in [1.29, 1.82) is 0 Å². The molecule has 1 aromatic rings. The Kier molecular flexibility index (Phi) is 4.18. The summed E-state index contributed by atoms with van der Waals surface area (Å²) in [6.07, 6.45) is 0.610. The molecule has 0 aromatic heterocycles. The standard InChI is InChI=1S/C15H16F2N2O3S/c16-11-2-1-10(7-12(11)17)8-19-9-15(22-13(19)20)3-5-18(6-4-15)14(21)23/h1-2,7H,3-6,8-9H2,(H,21,23). The van der Waals surface area contributed by atoms with Gasteiger partial charge in [-0.1, -0.05) is 18.7 Å². The predicted molar refractivity (Wildman–Crippen MR) is 81.2 cm³/mol. The average Bonchev–Trinajstić information content (AvgIpc) is 2.79. The molecule has 1 spiro atoms. The molecule has 0 N–H and O–H groups in total. The van der Waals surface area contributed by atoms with E-state index in [2.05, 4.69) is 12.6 Å². The number of thiol groups is 1. The van der Waals surface area contributed by atoms with Gasteiger partial charge in [0.15, 0.2) is 11.6 Å². The van der Waals surface area contributed by atoms with Crippen molar-refractivity contribution in [2.45, 2.75) is 25.0 Å². The van der Waals surface area contributed by atoms with E-state index in [1.165, 1.54) is 11.0 Å². The van der Waals surface area contributed by atoms with Gasteiger partial charge in [0.2, 0.25) is 0 Å². The van der Waals surface area contributed by atoms with Gasteiger partial charge in [-0.25, -0.2) is 13.6 Å². The number of nitrogens with zero attached hydrogens (tertiary/aromatic N) is 2. The molecule has 0 unspecified atom stereocenters. The highest BCUT2D eigenvalue weighted by atomic mass is 32.1. The Balaban J connectivity index is 1.66. The lowest BCUT2D eigenvalue weighted by molar-refractivity contribution is 0.0120. The van der Waals surface area contributed by atoms with Crippen molar-refractivity contribution in [1.82, 2.24) is 9.80 Å². The van der Waals surface area contributed by atoms with Gasteiger partial charge in [-0.05, 0) is 17.7 Å². The Morgan fingerprint density at radius 1 is 1.26 bits per heavy atom. The summed E-state index contributed by atoms with van der Waals surface area (Å²) in [4.78, 5) is 26.4. The SMILES string of the molecule is O=C(S)N1CCC2(CC1)CN(Cc1ccc(F)c(F)c1)C(=O)O2. The Morgan fingerprint density at radius 2 is 1.96 bits per heavy atom. The summed E-state index contributed by atoms with van der Waals surface area (Å²) in [6, 6.07) is 3.56. The number of carbonyl (C=O) groups excluding carboxylic acids is 2. The Bertz CT molecular complexity index is 648. The third-order valence-electron chi connectivity index (χ3n) is 4.34. The fourth-order valence-corrected chi connectivity index (χ4v) is 3.24. The van der Waals surface area contributed by atoms with Crippen LogP contribution in [0.2, 0.25) is 0 Å². The van der Waals surface area contributed by atoms with Crippen molar-refractivity contribution in [3.05, 3.63) is 35.4 Å². The number of rotatable bonds is 2. The average molecular weight is 342 g/mol. The molecule has 1 aromatic carbocycles. The maximum absolute atomic E-state index is 13.3. The van der Waals surface area contributed by atoms with E-state index in [1.807, 2.05) is 0 Å². The summed E-state index contributed by atoms with van der Waals surface area (Å²) >= 11 is 3.79. The molecule has 0 atom stereocenters. The van der Waals surface area contributed by atoms with Gasteiger partial charge in [0.05, 0.1) is 6.54 Å². The van der Waals surface area contributed by atoms with Crippen molar-refractivity contribution < 1.29 is 23.1 Å². The van der Waals surface area contributed by atoms with Crippen LogP contribution < -0.4 is 0 Å². The molecular weight excluding hydrogens is 326 g/mol. The first-order valence-corrected chi connectivity index (χ1v) is 7.73. The number of halogens is 2. The van der Waals surface area contributed by atoms with Crippen LogP contribution in [0.1, 0.15) is 18.4 Å². The van der Waals surface area contributed by atoms with Gasteiger partial charge >= 0.3 is 6.09 Å². The molecule has 2 amide bonds. The maximum Gasteiger partial charge on any atom is 0.410 e. The van der Waals surface area contributed by atoms with Crippen LogP contribution in [0.3, 0.4) is 0 Å². The molecule has 2 aliphatic heterocycles. The second-order valence-corrected chi connectivity index (χ2v) is 6.31. The van der Waals surface area contributed by atoms with E-state index in [-0.39, 0.29) is 11.8 Å². The van der Waals surface area contributed by atoms with Crippen LogP contribution >= 0.6 is 12.6 Å². The number of hydrogen-bond acceptors (Lipinski definition) is 3. The second-order valence-electron chi connectivity index (χ2n) is 5.93. The van der Waals surface area contributed by atoms with Gasteiger partial charge < -0.3 is 9.64 Å². The minimum atomic E-state index is -0.939. The maximum atomic E-state index is 13.3. The fraction of sp³-hybridized carbons (Fsp3) is 0.467. The molecule has 124 valence electrons. The summed E-state index contributed by atoms with van der Waals surface area (Å²) in [7, 11) is 0. The van der Waals surface area contributed by atoms with Gasteiger partial charge in [-0.2, -0.15) is 0 Å². The number of ether oxygens (including phenoxy) is 1. The van der Waals surface area contributed by atoms with Gasteiger partial charge in [-0.15, -0.1) is 0 Å². The first-order chi connectivity index (χ1) is 10.9. The van der Waals surface area contributed by atoms with Crippen molar-refractivity contribution in [3.63, 3.8) is 0 Å². The molecule has 23 heavy (non-hydrogen) atoms. The summed E-state index contributed by atoms with van der Waals surface area (Å²) in [5.74, 6) is -1.86. The molecular formula is C15H16F2N2O3S. The molecule has 0 aliphatic carbocycles. The minimum Gasteiger partial charge on any atom is -0.441 e. The third kappa shape index (κ3) is 3.26. The number of piperidine rings is 1. The summed E-state index contributed by atoms with van der Waals surface area (Å²) < 4.78 is 31.7. The number of benzene rings is 1. The highest BCUT2D eigenvalue weighted by Gasteiger charge is 2.47. The topological polar surface area (TPSA) is 49.9 Å². The van der Waals surface area contributed by atoms with Crippen LogP contribution in [0.5, 0.6) is 0 Å². The van der Waals surface area contributed by atoms with Crippen molar-refractivity contribution in [2.75, 3.05) is 19.6 Å². The van der Waals surface area contributed by atoms with Crippen LogP contribution in [0.4, 0.5) is 18.4 Å². The highest BCUT2D eigenvalue weighted by molar-refractivity contribution is 7.96. The molecule has 0 saturated carbocycles. The van der Waals surface area contributed by atoms with Crippen molar-refractivity contribution in [2.24, 2.45) is 0 Å². The van der Waals surface area contributed by atoms with E-state index >= 15 is 0 Å². The summed E-state index contributed by atoms with van der Waals surface area (Å²) in [5.41, 5.74) is -0.115. The summed E-state index contributed by atoms with van der Waals surface area (Å²) in [6.45, 7) is 1.50. The molecule has 8 heteroatoms. The number of likely N-dealkylation sites (tertiary alicyclic amines) is 1. The van der Waals surface area contributed by atoms with Gasteiger partial charge in [0.25, 0.3) is 5.24 Å². The van der Waals surface area contributed by atoms with Crippen LogP contribution in [-0.4, -0.2) is 46.4 Å². The highest BCUT2D eigenvalue weighted by Crippen LogP contribution is 2.34. The van der Waals surface area contributed by atoms with E-state index in [4.69, 9.17) is 4.74 Å². The third-order valence-corrected chi connectivity index (χ3v) is 4.63. The predicted octanol–water partition coefficient (Wildman–Crippen LogP) is 2.80. The van der Waals surface area contributed by atoms with E-state index < -0.39 is 23.3 Å². The molecule has 2 saturated heterocycles. The zero-order valence-corrected chi connectivity index (χ0v) is 13.2. The molecule has 2 heterocycles. The van der Waals surface area contributed by atoms with Crippen LogP contribution in [-0.2, 0) is 11.3 Å². The van der Waals surface area contributed by atoms with E-state index in [9.17, 15) is 18.4 Å². The number of amides is 2. The molecule has 0 radical (unpaired) electrons. The Labute approximate surface area is 137 Å². The minimum absolute atomic E-state index is 0.160. The Hall–Kier alpha value is -1.83. The lowest BCUT2D eigenvalue weighted by Gasteiger charge is -2.36. The molecule has 2 aliphatic rings. The second kappa shape index (κ2) is 5.99. The molecule has 5 nitrogen and oxygen atoms in total. The first-order valence-electron chi connectivity index (χ1n) is 7.28. The Morgan fingerprint density at radius 3 is 2.57 bits per heavy atom. The van der Waals surface area contributed by atoms with Gasteiger partial charge in [-0.3, -0.25) is 9.69 Å². The van der Waals surface area contributed by atoms with E-state index in [1.54, 1.807) is 4.90 Å². The van der Waals surface area contributed by atoms with Crippen molar-refractivity contribution >= 4 is 24.0 Å². The lowest BCUT2D eigenvalue weighted by atomic mass is 9.91. The van der Waals surface area contributed by atoms with Gasteiger partial charge in [0.1, 0.15) is 5.60 Å². The van der Waals surface area contributed by atoms with Crippen molar-refractivity contribution in [3.8, 4) is 0 Å². The zero-order valence-electron chi connectivity index (χ0n) is 12.3. The lowest BCUT2D eigenvalue weighted by Crippen LogP contribution is -2.47. The van der Waals surface area contributed by atoms with Crippen LogP contribution in [0.25, 0.3) is 0 Å². The van der Waals surface area contributed by atoms with Crippen LogP contribution in [0.15, 0.2) is 18.2 Å². The summed E-state index contributed by atoms with van der Waals surface area (Å²) in [5, 5.41) is -0.289. The largest absolute Gasteiger partial charge is 0.441 e. The molecule has 0 bridgehead atoms. The fourth-order valence-electron chi connectivity index (χ4n) is 3.04.